The first-order chi connectivity index (χ1) is 16.1. The normalized spacial score (nSPS) is 16.5. The van der Waals surface area contributed by atoms with Gasteiger partial charge < -0.3 is 9.47 Å². The van der Waals surface area contributed by atoms with E-state index in [1.54, 1.807) is 0 Å². The van der Waals surface area contributed by atoms with E-state index in [4.69, 9.17) is 4.74 Å². The van der Waals surface area contributed by atoms with Gasteiger partial charge in [-0.25, -0.2) is 26.3 Å². The van der Waals surface area contributed by atoms with Crippen LogP contribution in [0.25, 0.3) is 11.1 Å². The summed E-state index contributed by atoms with van der Waals surface area (Å²) < 4.78 is 122. The van der Waals surface area contributed by atoms with Gasteiger partial charge in [-0.1, -0.05) is 12.1 Å². The lowest BCUT2D eigenvalue weighted by Crippen LogP contribution is -2.25. The molecule has 1 atom stereocenters. The number of hydrogen-bond donors (Lipinski definition) is 0. The number of ether oxygens (including phenoxy) is 2. The first kappa shape index (κ1) is 24.0. The Hall–Kier alpha value is -3.14. The molecule has 0 amide bonds. The van der Waals surface area contributed by atoms with Crippen LogP contribution in [0.5, 0.6) is 5.75 Å². The van der Waals surface area contributed by atoms with Crippen molar-refractivity contribution in [1.29, 1.82) is 0 Å². The molecule has 10 heteroatoms. The summed E-state index contributed by atoms with van der Waals surface area (Å²) in [6.45, 7) is 0.527. The molecule has 0 N–H and O–H groups in total. The quantitative estimate of drug-likeness (QED) is 0.273. The molecule has 0 spiro atoms. The maximum Gasteiger partial charge on any atom is 0.432 e. The summed E-state index contributed by atoms with van der Waals surface area (Å²) in [5, 5.41) is 0. The molecule has 0 bridgehead atoms. The lowest BCUT2D eigenvalue weighted by Gasteiger charge is -2.23. The Morgan fingerprint density at radius 1 is 0.765 bits per heavy atom. The van der Waals surface area contributed by atoms with Crippen molar-refractivity contribution in [1.82, 2.24) is 0 Å². The predicted molar refractivity (Wildman–Crippen MR) is 105 cm³/mol. The average molecular weight is 488 g/mol. The molecule has 0 aromatic heterocycles. The first-order valence-corrected chi connectivity index (χ1v) is 10.2. The van der Waals surface area contributed by atoms with Gasteiger partial charge in [0.05, 0.1) is 6.10 Å². The van der Waals surface area contributed by atoms with Crippen molar-refractivity contribution in [3.63, 3.8) is 0 Å². The zero-order valence-electron chi connectivity index (χ0n) is 17.3. The molecule has 3 aromatic rings. The number of rotatable bonds is 5. The molecular weight excluding hydrogens is 472 g/mol. The number of benzene rings is 3. The van der Waals surface area contributed by atoms with Crippen molar-refractivity contribution in [2.45, 2.75) is 31.5 Å². The molecule has 0 radical (unpaired) electrons. The van der Waals surface area contributed by atoms with Crippen LogP contribution in [0, 0.1) is 34.9 Å². The number of alkyl halides is 2. The van der Waals surface area contributed by atoms with Gasteiger partial charge in [0.25, 0.3) is 0 Å². The second kappa shape index (κ2) is 9.25. The third-order valence-corrected chi connectivity index (χ3v) is 5.39. The highest BCUT2D eigenvalue weighted by Gasteiger charge is 2.41. The second-order valence-corrected chi connectivity index (χ2v) is 7.73. The molecule has 4 rings (SSSR count). The SMILES string of the molecule is Fc1cc(C2CCCCO2)ccc1-c1cc(F)c(C(F)(F)Oc2cc(F)c(F)c(F)c2)c(F)c1. The lowest BCUT2D eigenvalue weighted by atomic mass is 9.96. The topological polar surface area (TPSA) is 18.5 Å². The third kappa shape index (κ3) is 4.72. The molecule has 1 aliphatic heterocycles. The highest BCUT2D eigenvalue weighted by molar-refractivity contribution is 5.65. The fourth-order valence-electron chi connectivity index (χ4n) is 3.77. The van der Waals surface area contributed by atoms with E-state index in [1.807, 2.05) is 0 Å². The largest absolute Gasteiger partial charge is 0.432 e. The van der Waals surface area contributed by atoms with Crippen LogP contribution < -0.4 is 4.74 Å². The summed E-state index contributed by atoms with van der Waals surface area (Å²) in [5.74, 6) is -11.2. The fraction of sp³-hybridized carbons (Fsp3) is 0.250. The smallest absolute Gasteiger partial charge is 0.429 e. The van der Waals surface area contributed by atoms with Crippen molar-refractivity contribution in [3.05, 3.63) is 88.5 Å². The van der Waals surface area contributed by atoms with Gasteiger partial charge in [0.1, 0.15) is 28.8 Å². The summed E-state index contributed by atoms with van der Waals surface area (Å²) in [6.07, 6.45) is -2.57. The van der Waals surface area contributed by atoms with Crippen molar-refractivity contribution in [3.8, 4) is 16.9 Å². The standard InChI is InChI=1S/C24H16F8O2/c25-16-7-12(21-3-1-2-6-33-21)4-5-15(16)13-8-17(26)22(18(27)9-13)24(31,32)34-14-10-19(28)23(30)20(29)11-14/h4-5,7-11,21H,1-3,6H2. The lowest BCUT2D eigenvalue weighted by molar-refractivity contribution is -0.189. The average Bonchev–Trinajstić information content (AvgIpc) is 2.77. The Morgan fingerprint density at radius 3 is 1.97 bits per heavy atom. The van der Waals surface area contributed by atoms with E-state index >= 15 is 0 Å². The zero-order valence-corrected chi connectivity index (χ0v) is 17.3. The van der Waals surface area contributed by atoms with Crippen LogP contribution in [0.1, 0.15) is 36.5 Å². The van der Waals surface area contributed by atoms with Crippen molar-refractivity contribution >= 4 is 0 Å². The van der Waals surface area contributed by atoms with Gasteiger partial charge in [-0.3, -0.25) is 0 Å². The molecule has 0 aliphatic carbocycles. The van der Waals surface area contributed by atoms with Gasteiger partial charge in [-0.2, -0.15) is 8.78 Å². The van der Waals surface area contributed by atoms with Crippen molar-refractivity contribution in [2.75, 3.05) is 6.61 Å². The first-order valence-electron chi connectivity index (χ1n) is 10.2. The van der Waals surface area contributed by atoms with E-state index in [1.165, 1.54) is 12.1 Å². The Kier molecular flexibility index (Phi) is 6.53. The zero-order chi connectivity index (χ0) is 24.6. The summed E-state index contributed by atoms with van der Waals surface area (Å²) in [4.78, 5) is 0. The molecule has 1 aliphatic rings. The van der Waals surface area contributed by atoms with E-state index in [-0.39, 0.29) is 29.4 Å². The summed E-state index contributed by atoms with van der Waals surface area (Å²) in [6, 6.07) is 5.10. The van der Waals surface area contributed by atoms with Crippen LogP contribution in [0.2, 0.25) is 0 Å². The van der Waals surface area contributed by atoms with Crippen LogP contribution in [-0.2, 0) is 10.8 Å². The highest BCUT2D eigenvalue weighted by Crippen LogP contribution is 2.38. The maximum absolute atomic E-state index is 14.7. The molecule has 1 fully saturated rings. The predicted octanol–water partition coefficient (Wildman–Crippen LogP) is 7.56. The molecule has 1 saturated heterocycles. The minimum atomic E-state index is -4.73. The fourth-order valence-corrected chi connectivity index (χ4v) is 3.77. The van der Waals surface area contributed by atoms with E-state index in [0.717, 1.165) is 18.9 Å². The van der Waals surface area contributed by atoms with E-state index < -0.39 is 52.3 Å². The Morgan fingerprint density at radius 2 is 1.41 bits per heavy atom. The van der Waals surface area contributed by atoms with E-state index in [9.17, 15) is 35.1 Å². The van der Waals surface area contributed by atoms with Crippen LogP contribution in [0.4, 0.5) is 35.1 Å². The Bertz CT molecular complexity index is 1180. The molecule has 3 aromatic carbocycles. The monoisotopic (exact) mass is 488 g/mol. The van der Waals surface area contributed by atoms with Crippen LogP contribution >= 0.6 is 0 Å². The van der Waals surface area contributed by atoms with Gasteiger partial charge in [0.2, 0.25) is 0 Å². The van der Waals surface area contributed by atoms with Crippen LogP contribution in [0.3, 0.4) is 0 Å². The minimum Gasteiger partial charge on any atom is -0.429 e. The molecule has 2 nitrogen and oxygen atoms in total. The summed E-state index contributed by atoms with van der Waals surface area (Å²) >= 11 is 0. The molecule has 0 saturated carbocycles. The summed E-state index contributed by atoms with van der Waals surface area (Å²) in [5.41, 5.74) is -1.93. The van der Waals surface area contributed by atoms with Crippen molar-refractivity contribution in [2.24, 2.45) is 0 Å². The van der Waals surface area contributed by atoms with Gasteiger partial charge in [-0.15, -0.1) is 0 Å². The molecule has 1 unspecified atom stereocenters. The number of halogens is 8. The Labute approximate surface area is 188 Å². The van der Waals surface area contributed by atoms with Gasteiger partial charge in [-0.05, 0) is 48.6 Å². The van der Waals surface area contributed by atoms with Crippen LogP contribution in [0.15, 0.2) is 42.5 Å². The van der Waals surface area contributed by atoms with Gasteiger partial charge in [0, 0.05) is 24.3 Å². The molecule has 1 heterocycles. The van der Waals surface area contributed by atoms with Crippen molar-refractivity contribution < 1.29 is 44.6 Å². The van der Waals surface area contributed by atoms with Gasteiger partial charge >= 0.3 is 6.11 Å². The third-order valence-electron chi connectivity index (χ3n) is 5.39. The molecule has 180 valence electrons. The van der Waals surface area contributed by atoms with E-state index in [2.05, 4.69) is 4.74 Å². The minimum absolute atomic E-state index is 0.101. The number of hydrogen-bond acceptors (Lipinski definition) is 2. The maximum atomic E-state index is 14.7. The van der Waals surface area contributed by atoms with Gasteiger partial charge in [0.15, 0.2) is 17.5 Å². The molecule has 34 heavy (non-hydrogen) atoms. The molecular formula is C24H16F8O2. The Balaban J connectivity index is 1.64. The highest BCUT2D eigenvalue weighted by atomic mass is 19.3. The second-order valence-electron chi connectivity index (χ2n) is 7.73. The summed E-state index contributed by atoms with van der Waals surface area (Å²) in [7, 11) is 0. The van der Waals surface area contributed by atoms with E-state index in [0.29, 0.717) is 30.7 Å². The van der Waals surface area contributed by atoms with Crippen LogP contribution in [-0.4, -0.2) is 6.61 Å².